The van der Waals surface area contributed by atoms with Crippen LogP contribution in [0.1, 0.15) is 44.1 Å². The van der Waals surface area contributed by atoms with Gasteiger partial charge in [0, 0.05) is 0 Å². The number of halogens is 1. The van der Waals surface area contributed by atoms with Gasteiger partial charge in [-0.2, -0.15) is 0 Å². The van der Waals surface area contributed by atoms with Crippen molar-refractivity contribution in [3.63, 3.8) is 0 Å². The van der Waals surface area contributed by atoms with Gasteiger partial charge in [0.05, 0.1) is 16.2 Å². The highest BCUT2D eigenvalue weighted by atomic mass is 79.9. The number of benzene rings is 1. The molecule has 0 aromatic heterocycles. The van der Waals surface area contributed by atoms with Gasteiger partial charge in [-0.3, -0.25) is 0 Å². The van der Waals surface area contributed by atoms with Crippen LogP contribution in [0.2, 0.25) is 0 Å². The van der Waals surface area contributed by atoms with Crippen LogP contribution in [0.5, 0.6) is 5.75 Å². The maximum Gasteiger partial charge on any atom is 0.136 e. The van der Waals surface area contributed by atoms with Crippen molar-refractivity contribution in [1.82, 2.24) is 0 Å². The van der Waals surface area contributed by atoms with Crippen molar-refractivity contribution >= 4 is 15.9 Å². The Morgan fingerprint density at radius 2 is 2.10 bits per heavy atom. The Morgan fingerprint density at radius 3 is 2.86 bits per heavy atom. The van der Waals surface area contributed by atoms with Crippen molar-refractivity contribution in [2.24, 2.45) is 5.73 Å². The van der Waals surface area contributed by atoms with E-state index in [0.29, 0.717) is 13.2 Å². The molecular formula is C17H24BrNO2. The van der Waals surface area contributed by atoms with Crippen LogP contribution in [-0.2, 0) is 11.2 Å². The summed E-state index contributed by atoms with van der Waals surface area (Å²) in [5.74, 6) is 0.930. The maximum absolute atomic E-state index is 6.31. The molecule has 0 radical (unpaired) electrons. The molecule has 3 rings (SSSR count). The van der Waals surface area contributed by atoms with Gasteiger partial charge in [-0.1, -0.05) is 25.0 Å². The highest BCUT2D eigenvalue weighted by Crippen LogP contribution is 2.43. The molecule has 1 saturated carbocycles. The monoisotopic (exact) mass is 353 g/mol. The van der Waals surface area contributed by atoms with Gasteiger partial charge < -0.3 is 15.2 Å². The molecular weight excluding hydrogens is 330 g/mol. The second-order valence-electron chi connectivity index (χ2n) is 6.25. The third-order valence-corrected chi connectivity index (χ3v) is 5.35. The van der Waals surface area contributed by atoms with Crippen LogP contribution in [0.15, 0.2) is 22.7 Å². The van der Waals surface area contributed by atoms with E-state index in [4.69, 9.17) is 15.2 Å². The third kappa shape index (κ3) is 3.43. The molecule has 1 saturated heterocycles. The molecule has 4 heteroatoms. The predicted octanol–water partition coefficient (Wildman–Crippen LogP) is 3.82. The lowest BCUT2D eigenvalue weighted by molar-refractivity contribution is -0.0510. The fourth-order valence-electron chi connectivity index (χ4n) is 3.64. The molecule has 2 fully saturated rings. The standard InChI is InChI=1S/C17H24BrNO2/c18-15-5-3-4-13(7-11-19)16(15)20-12-14-6-10-17(21-14)8-1-2-9-17/h3-5,14H,1-2,6-12,19H2. The molecule has 21 heavy (non-hydrogen) atoms. The van der Waals surface area contributed by atoms with E-state index in [2.05, 4.69) is 22.0 Å². The quantitative estimate of drug-likeness (QED) is 0.874. The number of hydrogen-bond donors (Lipinski definition) is 1. The van der Waals surface area contributed by atoms with E-state index >= 15 is 0 Å². The summed E-state index contributed by atoms with van der Waals surface area (Å²) in [5, 5.41) is 0. The van der Waals surface area contributed by atoms with E-state index in [1.807, 2.05) is 12.1 Å². The van der Waals surface area contributed by atoms with Gasteiger partial charge in [-0.25, -0.2) is 0 Å². The van der Waals surface area contributed by atoms with Gasteiger partial charge in [0.2, 0.25) is 0 Å². The van der Waals surface area contributed by atoms with Crippen LogP contribution >= 0.6 is 15.9 Å². The summed E-state index contributed by atoms with van der Waals surface area (Å²) < 4.78 is 13.4. The number of nitrogens with two attached hydrogens (primary N) is 1. The summed E-state index contributed by atoms with van der Waals surface area (Å²) >= 11 is 3.58. The van der Waals surface area contributed by atoms with Gasteiger partial charge in [0.15, 0.2) is 0 Å². The summed E-state index contributed by atoms with van der Waals surface area (Å²) in [6, 6.07) is 6.13. The molecule has 3 nitrogen and oxygen atoms in total. The van der Waals surface area contributed by atoms with E-state index < -0.39 is 0 Å². The second-order valence-corrected chi connectivity index (χ2v) is 7.10. The zero-order chi connectivity index (χ0) is 14.7. The van der Waals surface area contributed by atoms with E-state index in [9.17, 15) is 0 Å². The lowest BCUT2D eigenvalue weighted by Gasteiger charge is -2.24. The first-order valence-corrected chi connectivity index (χ1v) is 8.80. The molecule has 1 spiro atoms. The van der Waals surface area contributed by atoms with Crippen LogP contribution in [-0.4, -0.2) is 24.9 Å². The number of hydrogen-bond acceptors (Lipinski definition) is 3. The first-order chi connectivity index (χ1) is 10.2. The second kappa shape index (κ2) is 6.67. The molecule has 1 heterocycles. The van der Waals surface area contributed by atoms with Gasteiger partial charge in [0.25, 0.3) is 0 Å². The summed E-state index contributed by atoms with van der Waals surface area (Å²) in [7, 11) is 0. The van der Waals surface area contributed by atoms with E-state index in [0.717, 1.165) is 23.1 Å². The Kier molecular flexibility index (Phi) is 4.87. The van der Waals surface area contributed by atoms with Gasteiger partial charge in [-0.05, 0) is 66.2 Å². The van der Waals surface area contributed by atoms with Crippen molar-refractivity contribution in [2.75, 3.05) is 13.2 Å². The lowest BCUT2D eigenvalue weighted by Crippen LogP contribution is -2.27. The minimum atomic E-state index is 0.183. The zero-order valence-corrected chi connectivity index (χ0v) is 14.0. The normalized spacial score (nSPS) is 23.8. The molecule has 1 aromatic carbocycles. The van der Waals surface area contributed by atoms with Crippen molar-refractivity contribution in [3.05, 3.63) is 28.2 Å². The molecule has 1 aliphatic heterocycles. The van der Waals surface area contributed by atoms with E-state index in [1.54, 1.807) is 0 Å². The van der Waals surface area contributed by atoms with Gasteiger partial charge in [-0.15, -0.1) is 0 Å². The third-order valence-electron chi connectivity index (χ3n) is 4.73. The Labute approximate surface area is 135 Å². The smallest absolute Gasteiger partial charge is 0.136 e. The summed E-state index contributed by atoms with van der Waals surface area (Å²) in [5.41, 5.74) is 7.03. The predicted molar refractivity (Wildman–Crippen MR) is 87.7 cm³/mol. The van der Waals surface area contributed by atoms with Crippen molar-refractivity contribution in [2.45, 2.75) is 56.7 Å². The van der Waals surface area contributed by atoms with E-state index in [-0.39, 0.29) is 11.7 Å². The van der Waals surface area contributed by atoms with Gasteiger partial charge in [0.1, 0.15) is 12.4 Å². The van der Waals surface area contributed by atoms with Crippen molar-refractivity contribution in [3.8, 4) is 5.75 Å². The SMILES string of the molecule is NCCc1cccc(Br)c1OCC1CCC2(CCCC2)O1. The van der Waals surface area contributed by atoms with Crippen LogP contribution in [0.3, 0.4) is 0 Å². The first kappa shape index (κ1) is 15.3. The average molecular weight is 354 g/mol. The molecule has 116 valence electrons. The molecule has 0 amide bonds. The molecule has 2 N–H and O–H groups in total. The highest BCUT2D eigenvalue weighted by Gasteiger charge is 2.42. The number of ether oxygens (including phenoxy) is 2. The summed E-state index contributed by atoms with van der Waals surface area (Å²) in [4.78, 5) is 0. The number of para-hydroxylation sites is 1. The molecule has 2 aliphatic rings. The minimum Gasteiger partial charge on any atom is -0.489 e. The van der Waals surface area contributed by atoms with Crippen molar-refractivity contribution in [1.29, 1.82) is 0 Å². The van der Waals surface area contributed by atoms with Crippen LogP contribution < -0.4 is 10.5 Å². The Hall–Kier alpha value is -0.580. The Bertz CT molecular complexity index is 486. The molecule has 1 atom stereocenters. The number of rotatable bonds is 5. The van der Waals surface area contributed by atoms with Crippen LogP contribution in [0.4, 0.5) is 0 Å². The van der Waals surface area contributed by atoms with E-state index in [1.165, 1.54) is 37.7 Å². The minimum absolute atomic E-state index is 0.183. The summed E-state index contributed by atoms with van der Waals surface area (Å²) in [6.07, 6.45) is 8.50. The maximum atomic E-state index is 6.31. The van der Waals surface area contributed by atoms with Gasteiger partial charge >= 0.3 is 0 Å². The van der Waals surface area contributed by atoms with Crippen LogP contribution in [0, 0.1) is 0 Å². The Balaban J connectivity index is 1.60. The fourth-order valence-corrected chi connectivity index (χ4v) is 4.17. The molecule has 1 aliphatic carbocycles. The summed E-state index contributed by atoms with van der Waals surface area (Å²) in [6.45, 7) is 1.28. The largest absolute Gasteiger partial charge is 0.489 e. The molecule has 0 bridgehead atoms. The van der Waals surface area contributed by atoms with Crippen molar-refractivity contribution < 1.29 is 9.47 Å². The molecule has 1 aromatic rings. The Morgan fingerprint density at radius 1 is 1.29 bits per heavy atom. The fraction of sp³-hybridized carbons (Fsp3) is 0.647. The zero-order valence-electron chi connectivity index (χ0n) is 12.4. The highest BCUT2D eigenvalue weighted by molar-refractivity contribution is 9.10. The topological polar surface area (TPSA) is 44.5 Å². The lowest BCUT2D eigenvalue weighted by atomic mass is 9.98. The molecule has 1 unspecified atom stereocenters. The van der Waals surface area contributed by atoms with Crippen LogP contribution in [0.25, 0.3) is 0 Å². The first-order valence-electron chi connectivity index (χ1n) is 8.00. The average Bonchev–Trinajstić information content (AvgIpc) is 3.09.